The molecule has 0 bridgehead atoms. The third-order valence-corrected chi connectivity index (χ3v) is 4.32. The molecule has 0 radical (unpaired) electrons. The number of rotatable bonds is 2. The summed E-state index contributed by atoms with van der Waals surface area (Å²) in [7, 11) is 0. The molecule has 0 spiro atoms. The van der Waals surface area contributed by atoms with Crippen molar-refractivity contribution >= 4 is 12.0 Å². The van der Waals surface area contributed by atoms with Crippen molar-refractivity contribution in [1.29, 1.82) is 10.5 Å². The van der Waals surface area contributed by atoms with Crippen LogP contribution >= 0.6 is 0 Å². The standard InChI is InChI=1S/C16H14N4O/c1-2-14(21)13-7-16(9-17,10-18)20-15(13)12-6-4-3-5-11(12)8-19-20/h3-6,8,13,15H,2,7H2,1H3/t13-,15-/m0/s1. The Balaban J connectivity index is 2.17. The monoisotopic (exact) mass is 278 g/mol. The van der Waals surface area contributed by atoms with Crippen LogP contribution in [0.25, 0.3) is 0 Å². The van der Waals surface area contributed by atoms with Crippen molar-refractivity contribution in [2.75, 3.05) is 0 Å². The van der Waals surface area contributed by atoms with E-state index in [1.165, 1.54) is 5.01 Å². The fraction of sp³-hybridized carbons (Fsp3) is 0.375. The highest BCUT2D eigenvalue weighted by molar-refractivity contribution is 5.87. The molecule has 0 amide bonds. The molecule has 0 unspecified atom stereocenters. The summed E-state index contributed by atoms with van der Waals surface area (Å²) >= 11 is 0. The van der Waals surface area contributed by atoms with Gasteiger partial charge in [-0.1, -0.05) is 31.2 Å². The van der Waals surface area contributed by atoms with Crippen LogP contribution in [0.2, 0.25) is 0 Å². The van der Waals surface area contributed by atoms with Crippen LogP contribution in [0, 0.1) is 28.6 Å². The van der Waals surface area contributed by atoms with Crippen molar-refractivity contribution < 1.29 is 4.79 Å². The van der Waals surface area contributed by atoms with E-state index in [9.17, 15) is 15.3 Å². The normalized spacial score (nSPS) is 24.6. The van der Waals surface area contributed by atoms with Crippen molar-refractivity contribution in [1.82, 2.24) is 5.01 Å². The lowest BCUT2D eigenvalue weighted by atomic mass is 9.85. The Hall–Kier alpha value is -2.66. The summed E-state index contributed by atoms with van der Waals surface area (Å²) in [5.74, 6) is -0.294. The first kappa shape index (κ1) is 13.3. The molecule has 5 heteroatoms. The van der Waals surface area contributed by atoms with Crippen LogP contribution in [0.5, 0.6) is 0 Å². The van der Waals surface area contributed by atoms with Crippen LogP contribution in [-0.4, -0.2) is 22.5 Å². The predicted octanol–water partition coefficient (Wildman–Crippen LogP) is 2.16. The molecule has 0 aliphatic carbocycles. The molecule has 0 N–H and O–H groups in total. The van der Waals surface area contributed by atoms with Gasteiger partial charge in [-0.15, -0.1) is 0 Å². The number of benzene rings is 1. The largest absolute Gasteiger partial charge is 0.299 e. The van der Waals surface area contributed by atoms with Gasteiger partial charge in [0.25, 0.3) is 0 Å². The first-order valence-corrected chi connectivity index (χ1v) is 6.94. The van der Waals surface area contributed by atoms with E-state index in [2.05, 4.69) is 17.2 Å². The number of hydrazone groups is 1. The number of ketones is 1. The molecule has 2 heterocycles. The van der Waals surface area contributed by atoms with E-state index in [1.54, 1.807) is 6.21 Å². The molecule has 2 atom stereocenters. The maximum atomic E-state index is 12.3. The molecule has 1 aromatic carbocycles. The predicted molar refractivity (Wildman–Crippen MR) is 76.0 cm³/mol. The minimum atomic E-state index is -1.36. The van der Waals surface area contributed by atoms with Gasteiger partial charge >= 0.3 is 0 Å². The highest BCUT2D eigenvalue weighted by Gasteiger charge is 2.56. The van der Waals surface area contributed by atoms with E-state index in [1.807, 2.05) is 31.2 Å². The number of carbonyl (C=O) groups is 1. The molecule has 2 aliphatic heterocycles. The van der Waals surface area contributed by atoms with Crippen LogP contribution in [-0.2, 0) is 4.79 Å². The zero-order valence-corrected chi connectivity index (χ0v) is 11.7. The second-order valence-corrected chi connectivity index (χ2v) is 5.38. The van der Waals surface area contributed by atoms with Crippen LogP contribution in [0.15, 0.2) is 29.4 Å². The number of carbonyl (C=O) groups excluding carboxylic acids is 1. The Morgan fingerprint density at radius 1 is 1.43 bits per heavy atom. The molecule has 0 saturated carbocycles. The first-order valence-electron chi connectivity index (χ1n) is 6.94. The highest BCUT2D eigenvalue weighted by atomic mass is 16.1. The molecule has 1 saturated heterocycles. The maximum Gasteiger partial charge on any atom is 0.230 e. The van der Waals surface area contributed by atoms with Gasteiger partial charge in [-0.3, -0.25) is 9.80 Å². The van der Waals surface area contributed by atoms with Gasteiger partial charge in [0.2, 0.25) is 5.54 Å². The van der Waals surface area contributed by atoms with Crippen LogP contribution < -0.4 is 0 Å². The van der Waals surface area contributed by atoms with Crippen molar-refractivity contribution in [3.05, 3.63) is 35.4 Å². The summed E-state index contributed by atoms with van der Waals surface area (Å²) in [4.78, 5) is 12.3. The molecule has 2 aliphatic rings. The van der Waals surface area contributed by atoms with E-state index >= 15 is 0 Å². The summed E-state index contributed by atoms with van der Waals surface area (Å²) in [6, 6.07) is 11.5. The van der Waals surface area contributed by atoms with Gasteiger partial charge in [0.15, 0.2) is 0 Å². The topological polar surface area (TPSA) is 80.2 Å². The maximum absolute atomic E-state index is 12.3. The molecule has 1 fully saturated rings. The van der Waals surface area contributed by atoms with E-state index in [0.717, 1.165) is 11.1 Å². The van der Waals surface area contributed by atoms with Gasteiger partial charge in [-0.25, -0.2) is 0 Å². The molecular weight excluding hydrogens is 264 g/mol. The number of Topliss-reactive ketones (excluding diaryl/α,β-unsaturated/α-hetero) is 1. The fourth-order valence-corrected chi connectivity index (χ4v) is 3.24. The van der Waals surface area contributed by atoms with Crippen LogP contribution in [0.3, 0.4) is 0 Å². The third-order valence-electron chi connectivity index (χ3n) is 4.32. The quantitative estimate of drug-likeness (QED) is 0.830. The van der Waals surface area contributed by atoms with E-state index < -0.39 is 5.54 Å². The molecule has 3 rings (SSSR count). The second-order valence-electron chi connectivity index (χ2n) is 5.38. The summed E-state index contributed by atoms with van der Waals surface area (Å²) in [5, 5.41) is 24.8. The van der Waals surface area contributed by atoms with Gasteiger partial charge < -0.3 is 0 Å². The van der Waals surface area contributed by atoms with Gasteiger partial charge in [0.1, 0.15) is 17.9 Å². The minimum absolute atomic E-state index is 0.0734. The SMILES string of the molecule is CCC(=O)[C@@H]1CC(C#N)(C#N)N2N=Cc3ccccc3[C@@H]12. The summed E-state index contributed by atoms with van der Waals surface area (Å²) in [6.45, 7) is 1.81. The Labute approximate surface area is 123 Å². The molecule has 5 nitrogen and oxygen atoms in total. The number of nitrogens with zero attached hydrogens (tertiary/aromatic N) is 4. The van der Waals surface area contributed by atoms with Gasteiger partial charge in [-0.2, -0.15) is 15.6 Å². The molecule has 21 heavy (non-hydrogen) atoms. The minimum Gasteiger partial charge on any atom is -0.299 e. The summed E-state index contributed by atoms with van der Waals surface area (Å²) in [5.41, 5.74) is 0.551. The summed E-state index contributed by atoms with van der Waals surface area (Å²) < 4.78 is 0. The van der Waals surface area contributed by atoms with Crippen molar-refractivity contribution in [2.45, 2.75) is 31.3 Å². The molecular formula is C16H14N4O. The lowest BCUT2D eigenvalue weighted by Crippen LogP contribution is -2.40. The third kappa shape index (κ3) is 1.75. The Kier molecular flexibility index (Phi) is 2.99. The first-order chi connectivity index (χ1) is 10.2. The number of hydrogen-bond acceptors (Lipinski definition) is 5. The molecule has 1 aromatic rings. The number of nitriles is 2. The van der Waals surface area contributed by atoms with Crippen molar-refractivity contribution in [3.8, 4) is 12.1 Å². The fourth-order valence-electron chi connectivity index (χ4n) is 3.24. The van der Waals surface area contributed by atoms with E-state index in [4.69, 9.17) is 0 Å². The van der Waals surface area contributed by atoms with Crippen molar-refractivity contribution in [3.63, 3.8) is 0 Å². The van der Waals surface area contributed by atoms with Gasteiger partial charge in [0.05, 0.1) is 12.3 Å². The van der Waals surface area contributed by atoms with Crippen molar-refractivity contribution in [2.24, 2.45) is 11.0 Å². The number of fused-ring (bicyclic) bond motifs is 3. The Bertz CT molecular complexity index is 696. The smallest absolute Gasteiger partial charge is 0.230 e. The zero-order chi connectivity index (χ0) is 15.0. The molecule has 104 valence electrons. The number of hydrogen-bond donors (Lipinski definition) is 0. The Morgan fingerprint density at radius 2 is 2.14 bits per heavy atom. The second kappa shape index (κ2) is 4.71. The van der Waals surface area contributed by atoms with E-state index in [-0.39, 0.29) is 24.2 Å². The lowest BCUT2D eigenvalue weighted by Gasteiger charge is -2.33. The molecule has 0 aromatic heterocycles. The van der Waals surface area contributed by atoms with Crippen LogP contribution in [0.4, 0.5) is 0 Å². The lowest BCUT2D eigenvalue weighted by molar-refractivity contribution is -0.123. The van der Waals surface area contributed by atoms with Gasteiger partial charge in [-0.05, 0) is 11.1 Å². The van der Waals surface area contributed by atoms with Gasteiger partial charge in [0, 0.05) is 18.8 Å². The summed E-state index contributed by atoms with van der Waals surface area (Å²) in [6.07, 6.45) is 2.27. The average molecular weight is 278 g/mol. The van der Waals surface area contributed by atoms with E-state index in [0.29, 0.717) is 6.42 Å². The zero-order valence-electron chi connectivity index (χ0n) is 11.7. The highest BCUT2D eigenvalue weighted by Crippen LogP contribution is 2.49. The van der Waals surface area contributed by atoms with Crippen LogP contribution in [0.1, 0.15) is 36.9 Å². The average Bonchev–Trinajstić information content (AvgIpc) is 2.89. The Morgan fingerprint density at radius 3 is 2.81 bits per heavy atom.